The molecule has 0 N–H and O–H groups in total. The van der Waals surface area contributed by atoms with E-state index in [4.69, 9.17) is 0 Å². The summed E-state index contributed by atoms with van der Waals surface area (Å²) >= 11 is 6.10. The number of hydrogen-bond acceptors (Lipinski definition) is 2. The summed E-state index contributed by atoms with van der Waals surface area (Å²) in [4.78, 5) is 3.46. The Kier molecular flexibility index (Phi) is 11.4. The first kappa shape index (κ1) is 30.1. The van der Waals surface area contributed by atoms with Crippen molar-refractivity contribution in [3.05, 3.63) is 58.7 Å². The fraction of sp³-hybridized carbons (Fsp3) is 0.676. The molecule has 2 aromatic carbocycles. The van der Waals surface area contributed by atoms with Crippen LogP contribution in [0.5, 0.6) is 0 Å². The van der Waals surface area contributed by atoms with E-state index in [-0.39, 0.29) is 0 Å². The van der Waals surface area contributed by atoms with Crippen LogP contribution in [0.1, 0.15) is 174 Å². The molecular weight excluding hydrogens is 718 g/mol. The summed E-state index contributed by atoms with van der Waals surface area (Å²) in [6.45, 7) is 0. The second-order valence-electron chi connectivity index (χ2n) is 13.4. The van der Waals surface area contributed by atoms with Crippen LogP contribution in [-0.2, 0) is 0 Å². The summed E-state index contributed by atoms with van der Waals surface area (Å²) < 4.78 is 0.652. The number of rotatable bonds is 8. The van der Waals surface area contributed by atoms with Gasteiger partial charge >= 0.3 is 271 Å². The molecule has 2 aromatic rings. The summed E-state index contributed by atoms with van der Waals surface area (Å²) in [5, 5.41) is 0. The van der Waals surface area contributed by atoms with Crippen LogP contribution in [0.4, 0.5) is 0 Å². The molecule has 4 aliphatic rings. The van der Waals surface area contributed by atoms with E-state index in [2.05, 4.69) is 59.9 Å². The third-order valence-corrected chi connectivity index (χ3v) is 15.6. The summed E-state index contributed by atoms with van der Waals surface area (Å²) in [5.74, 6) is 3.18. The molecule has 4 fully saturated rings. The zero-order valence-electron chi connectivity index (χ0n) is 24.8. The van der Waals surface area contributed by atoms with E-state index in [0.717, 1.165) is 23.7 Å². The Hall–Kier alpha value is 0.0231. The number of hydrogen-bond donors (Lipinski definition) is 0. The van der Waals surface area contributed by atoms with Gasteiger partial charge in [-0.2, -0.15) is 0 Å². The number of thioether (sulfide) groups is 2. The second kappa shape index (κ2) is 15.2. The molecule has 3 heteroatoms. The molecule has 4 saturated carbocycles. The van der Waals surface area contributed by atoms with Gasteiger partial charge in [0.1, 0.15) is 0 Å². The van der Waals surface area contributed by atoms with Crippen LogP contribution in [0.25, 0.3) is 0 Å². The molecule has 0 aromatic heterocycles. The molecule has 0 atom stereocenters. The molecule has 0 saturated heterocycles. The van der Waals surface area contributed by atoms with E-state index in [1.807, 2.05) is 0 Å². The molecular formula is C37H51BiS2. The molecule has 6 rings (SSSR count). The molecule has 2 radical (unpaired) electrons. The third kappa shape index (κ3) is 7.38. The quantitative estimate of drug-likeness (QED) is 0.149. The van der Waals surface area contributed by atoms with Crippen LogP contribution in [0, 0.1) is 0 Å². The van der Waals surface area contributed by atoms with Crippen molar-refractivity contribution >= 4 is 48.2 Å². The van der Waals surface area contributed by atoms with Gasteiger partial charge in [0.05, 0.1) is 0 Å². The van der Waals surface area contributed by atoms with Crippen molar-refractivity contribution in [3.63, 3.8) is 0 Å². The van der Waals surface area contributed by atoms with Crippen LogP contribution in [0.15, 0.2) is 46.2 Å². The molecule has 0 bridgehead atoms. The van der Waals surface area contributed by atoms with Crippen molar-refractivity contribution < 1.29 is 0 Å². The average molecular weight is 769 g/mol. The number of benzene rings is 2. The average Bonchev–Trinajstić information content (AvgIpc) is 3.03. The Labute approximate surface area is 269 Å². The molecule has 4 aliphatic carbocycles. The molecule has 216 valence electrons. The van der Waals surface area contributed by atoms with Gasteiger partial charge in [-0.1, -0.05) is 0 Å². The Morgan fingerprint density at radius 3 is 0.925 bits per heavy atom. The molecule has 0 amide bonds. The van der Waals surface area contributed by atoms with Gasteiger partial charge in [0.25, 0.3) is 0 Å². The van der Waals surface area contributed by atoms with Gasteiger partial charge in [0, 0.05) is 0 Å². The zero-order chi connectivity index (χ0) is 27.1. The van der Waals surface area contributed by atoms with E-state index >= 15 is 0 Å². The third-order valence-electron chi connectivity index (χ3n) is 10.8. The first-order valence-corrected chi connectivity index (χ1v) is 20.8. The van der Waals surface area contributed by atoms with Gasteiger partial charge in [-0.25, -0.2) is 0 Å². The maximum atomic E-state index is 2.55. The van der Waals surface area contributed by atoms with Crippen LogP contribution < -0.4 is 0 Å². The van der Waals surface area contributed by atoms with Crippen molar-refractivity contribution in [3.8, 4) is 0 Å². The molecule has 0 heterocycles. The van der Waals surface area contributed by atoms with Crippen molar-refractivity contribution in [2.24, 2.45) is 0 Å². The monoisotopic (exact) mass is 768 g/mol. The fourth-order valence-electron chi connectivity index (χ4n) is 8.59. The molecule has 0 nitrogen and oxygen atoms in total. The molecule has 0 unspecified atom stereocenters. The first-order chi connectivity index (χ1) is 19.8. The maximum absolute atomic E-state index is 2.55. The van der Waals surface area contributed by atoms with E-state index in [1.54, 1.807) is 32.0 Å². The van der Waals surface area contributed by atoms with E-state index in [1.165, 1.54) is 153 Å². The summed E-state index contributed by atoms with van der Waals surface area (Å²) in [6, 6.07) is 15.1. The van der Waals surface area contributed by atoms with Crippen molar-refractivity contribution in [1.82, 2.24) is 0 Å². The topological polar surface area (TPSA) is 0 Å². The Balaban J connectivity index is 1.32. The Bertz CT molecular complexity index is 914. The first-order valence-electron chi connectivity index (χ1n) is 17.0. The fourth-order valence-corrected chi connectivity index (χ4v) is 13.7. The van der Waals surface area contributed by atoms with Crippen molar-refractivity contribution in [1.29, 1.82) is 0 Å². The molecule has 40 heavy (non-hydrogen) atoms. The van der Waals surface area contributed by atoms with Crippen LogP contribution in [0.3, 0.4) is 0 Å². The Morgan fingerprint density at radius 2 is 0.675 bits per heavy atom. The van der Waals surface area contributed by atoms with Crippen molar-refractivity contribution in [2.75, 3.05) is 0 Å². The SMILES string of the molecule is [Bi][CH](Sc1c(C2CCCCC2)cccc1C1CCCCC1)Sc1c(C2CCCCC2)cccc1C1CCCCC1. The summed E-state index contributed by atoms with van der Waals surface area (Å²) in [5.41, 5.74) is 6.94. The molecule has 0 spiro atoms. The van der Waals surface area contributed by atoms with E-state index in [0.29, 0.717) is 2.29 Å². The molecule has 0 aliphatic heterocycles. The van der Waals surface area contributed by atoms with Gasteiger partial charge in [-0.05, 0) is 0 Å². The van der Waals surface area contributed by atoms with Gasteiger partial charge in [0.2, 0.25) is 0 Å². The Morgan fingerprint density at radius 1 is 0.425 bits per heavy atom. The van der Waals surface area contributed by atoms with Gasteiger partial charge < -0.3 is 0 Å². The zero-order valence-corrected chi connectivity index (χ0v) is 29.9. The van der Waals surface area contributed by atoms with Gasteiger partial charge in [0.15, 0.2) is 0 Å². The van der Waals surface area contributed by atoms with Gasteiger partial charge in [-0.3, -0.25) is 0 Å². The minimum absolute atomic E-state index is 0.652. The van der Waals surface area contributed by atoms with E-state index in [9.17, 15) is 0 Å². The summed E-state index contributed by atoms with van der Waals surface area (Å²) in [6.07, 6.45) is 28.5. The predicted octanol–water partition coefficient (Wildman–Crippen LogP) is 12.2. The van der Waals surface area contributed by atoms with Crippen molar-refractivity contribution in [2.45, 2.75) is 164 Å². The second-order valence-corrected chi connectivity index (χ2v) is 20.8. The summed E-state index contributed by atoms with van der Waals surface area (Å²) in [7, 11) is 0. The normalized spacial score (nSPS) is 22.6. The van der Waals surface area contributed by atoms with Crippen LogP contribution >= 0.6 is 23.5 Å². The van der Waals surface area contributed by atoms with E-state index < -0.39 is 0 Å². The standard InChI is InChI=1S/C37H51S2.Bi/c1-5-15-28(16-6-1)32-23-13-24-33(29-17-7-2-8-18-29)36(32)38-27-39-37-34(30-19-9-3-10-20-30)25-14-26-35(37)31-21-11-4-12-22-31;/h13-14,23-31H,1-12,15-22H2;. The minimum atomic E-state index is 0.652. The predicted molar refractivity (Wildman–Crippen MR) is 177 cm³/mol. The van der Waals surface area contributed by atoms with Crippen LogP contribution in [0.2, 0.25) is 0 Å². The van der Waals surface area contributed by atoms with Gasteiger partial charge in [-0.15, -0.1) is 0 Å². The van der Waals surface area contributed by atoms with Crippen LogP contribution in [-0.4, -0.2) is 27.0 Å².